The number of fused-ring (bicyclic) bond motifs is 1. The van der Waals surface area contributed by atoms with E-state index in [1.54, 1.807) is 6.20 Å². The number of hydrogen-bond acceptors (Lipinski definition) is 4. The van der Waals surface area contributed by atoms with Crippen LogP contribution in [0.2, 0.25) is 0 Å². The highest BCUT2D eigenvalue weighted by atomic mass is 15.4. The van der Waals surface area contributed by atoms with E-state index in [-0.39, 0.29) is 5.54 Å². The van der Waals surface area contributed by atoms with Crippen LogP contribution in [0.3, 0.4) is 0 Å². The van der Waals surface area contributed by atoms with Crippen LogP contribution in [-0.2, 0) is 6.54 Å². The SMILES string of the molecule is CC(C)(C)NCc1cn(-c2cccc3cnccc23)nn1. The van der Waals surface area contributed by atoms with Gasteiger partial charge in [-0.25, -0.2) is 4.68 Å². The highest BCUT2D eigenvalue weighted by Crippen LogP contribution is 2.20. The van der Waals surface area contributed by atoms with Gasteiger partial charge >= 0.3 is 0 Å². The number of nitrogens with one attached hydrogen (secondary N) is 1. The summed E-state index contributed by atoms with van der Waals surface area (Å²) in [5.41, 5.74) is 2.01. The van der Waals surface area contributed by atoms with Crippen molar-refractivity contribution < 1.29 is 0 Å². The van der Waals surface area contributed by atoms with Gasteiger partial charge in [0.15, 0.2) is 0 Å². The molecule has 0 amide bonds. The van der Waals surface area contributed by atoms with Gasteiger partial charge in [-0.2, -0.15) is 0 Å². The molecule has 0 atom stereocenters. The first kappa shape index (κ1) is 13.7. The maximum absolute atomic E-state index is 4.24. The van der Waals surface area contributed by atoms with E-state index in [2.05, 4.69) is 41.4 Å². The second-order valence-electron chi connectivity index (χ2n) is 6.13. The summed E-state index contributed by atoms with van der Waals surface area (Å²) in [5, 5.41) is 14.1. The third kappa shape index (κ3) is 3.08. The number of rotatable bonds is 3. The predicted octanol–water partition coefficient (Wildman–Crippen LogP) is 2.70. The summed E-state index contributed by atoms with van der Waals surface area (Å²) in [6.07, 6.45) is 5.62. The Morgan fingerprint density at radius 3 is 2.86 bits per heavy atom. The molecule has 3 rings (SSSR count). The average molecular weight is 281 g/mol. The Bertz CT molecular complexity index is 749. The van der Waals surface area contributed by atoms with E-state index in [0.717, 1.165) is 22.2 Å². The van der Waals surface area contributed by atoms with Crippen LogP contribution in [0.4, 0.5) is 0 Å². The third-order valence-electron chi connectivity index (χ3n) is 3.25. The second-order valence-corrected chi connectivity index (χ2v) is 6.13. The smallest absolute Gasteiger partial charge is 0.0969 e. The molecule has 0 radical (unpaired) electrons. The lowest BCUT2D eigenvalue weighted by Gasteiger charge is -2.19. The summed E-state index contributed by atoms with van der Waals surface area (Å²) >= 11 is 0. The second kappa shape index (κ2) is 5.26. The van der Waals surface area contributed by atoms with E-state index < -0.39 is 0 Å². The van der Waals surface area contributed by atoms with Crippen LogP contribution < -0.4 is 5.32 Å². The molecule has 3 aromatic rings. The molecule has 0 spiro atoms. The molecule has 0 unspecified atom stereocenters. The van der Waals surface area contributed by atoms with Gasteiger partial charge in [0.25, 0.3) is 0 Å². The quantitative estimate of drug-likeness (QED) is 0.802. The first-order chi connectivity index (χ1) is 10.0. The molecule has 2 heterocycles. The first-order valence-electron chi connectivity index (χ1n) is 7.02. The lowest BCUT2D eigenvalue weighted by Crippen LogP contribution is -2.35. The molecule has 5 heteroatoms. The van der Waals surface area contributed by atoms with Gasteiger partial charge < -0.3 is 5.32 Å². The van der Waals surface area contributed by atoms with Crippen molar-refractivity contribution in [2.45, 2.75) is 32.9 Å². The molecule has 1 N–H and O–H groups in total. The van der Waals surface area contributed by atoms with E-state index in [9.17, 15) is 0 Å². The van der Waals surface area contributed by atoms with Crippen LogP contribution in [0.1, 0.15) is 26.5 Å². The molecular weight excluding hydrogens is 262 g/mol. The van der Waals surface area contributed by atoms with Gasteiger partial charge in [0.05, 0.1) is 17.6 Å². The van der Waals surface area contributed by atoms with Crippen LogP contribution in [0, 0.1) is 0 Å². The number of benzene rings is 1. The maximum atomic E-state index is 4.24. The van der Waals surface area contributed by atoms with Gasteiger partial charge in [0.1, 0.15) is 0 Å². The zero-order valence-electron chi connectivity index (χ0n) is 12.5. The molecule has 0 aliphatic heterocycles. The summed E-state index contributed by atoms with van der Waals surface area (Å²) in [6.45, 7) is 7.11. The summed E-state index contributed by atoms with van der Waals surface area (Å²) in [7, 11) is 0. The van der Waals surface area contributed by atoms with Crippen molar-refractivity contribution in [1.29, 1.82) is 0 Å². The summed E-state index contributed by atoms with van der Waals surface area (Å²) < 4.78 is 1.82. The minimum Gasteiger partial charge on any atom is -0.306 e. The van der Waals surface area contributed by atoms with E-state index >= 15 is 0 Å². The Hall–Kier alpha value is -2.27. The Morgan fingerprint density at radius 2 is 2.05 bits per heavy atom. The van der Waals surface area contributed by atoms with Gasteiger partial charge in [-0.3, -0.25) is 4.98 Å². The van der Waals surface area contributed by atoms with Crippen molar-refractivity contribution >= 4 is 10.8 Å². The Kier molecular flexibility index (Phi) is 3.43. The van der Waals surface area contributed by atoms with Crippen molar-refractivity contribution in [2.75, 3.05) is 0 Å². The number of hydrogen-bond donors (Lipinski definition) is 1. The van der Waals surface area contributed by atoms with E-state index in [1.807, 2.05) is 41.3 Å². The first-order valence-corrected chi connectivity index (χ1v) is 7.02. The fraction of sp³-hybridized carbons (Fsp3) is 0.312. The number of nitrogens with zero attached hydrogens (tertiary/aromatic N) is 4. The molecular formula is C16H19N5. The minimum absolute atomic E-state index is 0.0644. The molecule has 0 bridgehead atoms. The van der Waals surface area contributed by atoms with Gasteiger partial charge in [-0.05, 0) is 32.9 Å². The van der Waals surface area contributed by atoms with Crippen LogP contribution in [0.5, 0.6) is 0 Å². The fourth-order valence-corrected chi connectivity index (χ4v) is 2.16. The van der Waals surface area contributed by atoms with Gasteiger partial charge in [-0.1, -0.05) is 17.3 Å². The average Bonchev–Trinajstić information content (AvgIpc) is 2.92. The molecule has 2 aromatic heterocycles. The van der Waals surface area contributed by atoms with Crippen molar-refractivity contribution in [3.63, 3.8) is 0 Å². The normalized spacial score (nSPS) is 12.0. The zero-order valence-corrected chi connectivity index (χ0v) is 12.5. The molecule has 0 aliphatic carbocycles. The van der Waals surface area contributed by atoms with Crippen molar-refractivity contribution in [3.8, 4) is 5.69 Å². The van der Waals surface area contributed by atoms with Crippen LogP contribution in [0.15, 0.2) is 42.9 Å². The minimum atomic E-state index is 0.0644. The highest BCUT2D eigenvalue weighted by Gasteiger charge is 2.11. The molecule has 0 aliphatic rings. The molecule has 1 aromatic carbocycles. The highest BCUT2D eigenvalue weighted by molar-refractivity contribution is 5.89. The van der Waals surface area contributed by atoms with E-state index in [0.29, 0.717) is 6.54 Å². The third-order valence-corrected chi connectivity index (χ3v) is 3.25. The standard InChI is InChI=1S/C16H19N5/c1-16(2,3)18-10-13-11-21(20-19-13)15-6-4-5-12-9-17-8-7-14(12)15/h4-9,11,18H,10H2,1-3H3. The molecule has 0 fully saturated rings. The molecule has 5 nitrogen and oxygen atoms in total. The van der Waals surface area contributed by atoms with Crippen molar-refractivity contribution in [1.82, 2.24) is 25.3 Å². The summed E-state index contributed by atoms with van der Waals surface area (Å²) in [6, 6.07) is 8.09. The van der Waals surface area contributed by atoms with E-state index in [1.165, 1.54) is 0 Å². The lowest BCUT2D eigenvalue weighted by molar-refractivity contribution is 0.421. The van der Waals surface area contributed by atoms with Gasteiger partial charge in [0.2, 0.25) is 0 Å². The number of pyridine rings is 1. The molecule has 0 saturated carbocycles. The monoisotopic (exact) mass is 281 g/mol. The molecule has 0 saturated heterocycles. The maximum Gasteiger partial charge on any atom is 0.0969 e. The topological polar surface area (TPSA) is 55.6 Å². The number of aromatic nitrogens is 4. The Morgan fingerprint density at radius 1 is 1.19 bits per heavy atom. The van der Waals surface area contributed by atoms with Crippen molar-refractivity contribution in [2.24, 2.45) is 0 Å². The van der Waals surface area contributed by atoms with Crippen LogP contribution in [0.25, 0.3) is 16.5 Å². The summed E-state index contributed by atoms with van der Waals surface area (Å²) in [4.78, 5) is 4.15. The van der Waals surface area contributed by atoms with Gasteiger partial charge in [0, 0.05) is 35.2 Å². The Balaban J connectivity index is 1.92. The predicted molar refractivity (Wildman–Crippen MR) is 83.3 cm³/mol. The molecule has 108 valence electrons. The van der Waals surface area contributed by atoms with Crippen LogP contribution >= 0.6 is 0 Å². The Labute approximate surface area is 124 Å². The van der Waals surface area contributed by atoms with Crippen molar-refractivity contribution in [3.05, 3.63) is 48.5 Å². The largest absolute Gasteiger partial charge is 0.306 e. The summed E-state index contributed by atoms with van der Waals surface area (Å²) in [5.74, 6) is 0. The van der Waals surface area contributed by atoms with E-state index in [4.69, 9.17) is 0 Å². The van der Waals surface area contributed by atoms with Crippen LogP contribution in [-0.4, -0.2) is 25.5 Å². The molecule has 21 heavy (non-hydrogen) atoms. The fourth-order valence-electron chi connectivity index (χ4n) is 2.16. The van der Waals surface area contributed by atoms with Gasteiger partial charge in [-0.15, -0.1) is 5.10 Å². The lowest BCUT2D eigenvalue weighted by atomic mass is 10.1. The zero-order chi connectivity index (χ0) is 14.9.